The van der Waals surface area contributed by atoms with Crippen LogP contribution in [-0.2, 0) is 4.79 Å². The molecule has 0 saturated carbocycles. The minimum absolute atomic E-state index is 0.0459. The third kappa shape index (κ3) is 3.86. The summed E-state index contributed by atoms with van der Waals surface area (Å²) in [6.07, 6.45) is 10.5. The van der Waals surface area contributed by atoms with Gasteiger partial charge in [-0.3, -0.25) is 14.8 Å². The van der Waals surface area contributed by atoms with E-state index in [-0.39, 0.29) is 17.9 Å². The van der Waals surface area contributed by atoms with Crippen molar-refractivity contribution in [3.63, 3.8) is 0 Å². The van der Waals surface area contributed by atoms with E-state index in [1.807, 2.05) is 31.3 Å². The SMILES string of the molecule is C[C@H](NC(=O)[C@@H]1CCCN(c2cnc3nccnc3c2)C1)c1cccnc1. The first kappa shape index (κ1) is 17.3. The molecular weight excluding hydrogens is 340 g/mol. The Labute approximate surface area is 157 Å². The van der Waals surface area contributed by atoms with Crippen molar-refractivity contribution in [2.45, 2.75) is 25.8 Å². The first-order chi connectivity index (χ1) is 13.2. The number of hydrogen-bond donors (Lipinski definition) is 1. The molecule has 1 N–H and O–H groups in total. The summed E-state index contributed by atoms with van der Waals surface area (Å²) in [4.78, 5) is 32.0. The molecule has 0 unspecified atom stereocenters. The van der Waals surface area contributed by atoms with Crippen LogP contribution in [-0.4, -0.2) is 38.9 Å². The number of hydrogen-bond acceptors (Lipinski definition) is 6. The van der Waals surface area contributed by atoms with Gasteiger partial charge in [-0.15, -0.1) is 0 Å². The zero-order valence-corrected chi connectivity index (χ0v) is 15.2. The number of fused-ring (bicyclic) bond motifs is 1. The van der Waals surface area contributed by atoms with Gasteiger partial charge in [0.15, 0.2) is 5.65 Å². The maximum atomic E-state index is 12.8. The molecule has 0 bridgehead atoms. The predicted molar refractivity (Wildman–Crippen MR) is 103 cm³/mol. The molecule has 3 aromatic rings. The number of pyridine rings is 2. The van der Waals surface area contributed by atoms with E-state index in [0.717, 1.165) is 36.2 Å². The summed E-state index contributed by atoms with van der Waals surface area (Å²) < 4.78 is 0. The fraction of sp³-hybridized carbons (Fsp3) is 0.350. The molecular formula is C20H22N6O. The first-order valence-electron chi connectivity index (χ1n) is 9.23. The van der Waals surface area contributed by atoms with Crippen molar-refractivity contribution in [1.29, 1.82) is 0 Å². The maximum absolute atomic E-state index is 12.8. The highest BCUT2D eigenvalue weighted by molar-refractivity contribution is 5.80. The van der Waals surface area contributed by atoms with E-state index in [1.165, 1.54) is 0 Å². The second-order valence-corrected chi connectivity index (χ2v) is 6.89. The average Bonchev–Trinajstić information content (AvgIpc) is 2.74. The minimum atomic E-state index is -0.0563. The number of carbonyl (C=O) groups is 1. The van der Waals surface area contributed by atoms with Gasteiger partial charge in [-0.2, -0.15) is 0 Å². The van der Waals surface area contributed by atoms with Gasteiger partial charge in [0.05, 0.1) is 23.8 Å². The van der Waals surface area contributed by atoms with Crippen LogP contribution in [0.15, 0.2) is 49.2 Å². The Hall–Kier alpha value is -3.09. The standard InChI is InChI=1S/C20H22N6O/c1-14(15-4-2-6-21-11-15)25-20(27)16-5-3-9-26(13-16)17-10-18-19(24-12-17)23-8-7-22-18/h2,4,6-8,10-12,14,16H,3,5,9,13H2,1H3,(H,25,27)/t14-,16+/m0/s1. The third-order valence-electron chi connectivity index (χ3n) is 5.01. The lowest BCUT2D eigenvalue weighted by Gasteiger charge is -2.34. The van der Waals surface area contributed by atoms with Crippen molar-refractivity contribution < 1.29 is 4.79 Å². The van der Waals surface area contributed by atoms with Crippen LogP contribution in [0.3, 0.4) is 0 Å². The van der Waals surface area contributed by atoms with Crippen molar-refractivity contribution in [3.8, 4) is 0 Å². The summed E-state index contributed by atoms with van der Waals surface area (Å²) in [5.41, 5.74) is 3.40. The predicted octanol–water partition coefficient (Wildman–Crippen LogP) is 2.51. The monoisotopic (exact) mass is 362 g/mol. The first-order valence-corrected chi connectivity index (χ1v) is 9.23. The lowest BCUT2D eigenvalue weighted by molar-refractivity contribution is -0.125. The van der Waals surface area contributed by atoms with Gasteiger partial charge < -0.3 is 10.2 Å². The van der Waals surface area contributed by atoms with E-state index in [9.17, 15) is 4.79 Å². The molecule has 1 aliphatic rings. The number of nitrogens with one attached hydrogen (secondary N) is 1. The Bertz CT molecular complexity index is 932. The van der Waals surface area contributed by atoms with Gasteiger partial charge in [-0.25, -0.2) is 9.97 Å². The molecule has 0 aromatic carbocycles. The number of amides is 1. The molecule has 138 valence electrons. The van der Waals surface area contributed by atoms with Crippen molar-refractivity contribution >= 4 is 22.8 Å². The van der Waals surface area contributed by atoms with Crippen molar-refractivity contribution in [1.82, 2.24) is 25.3 Å². The number of carbonyl (C=O) groups excluding carboxylic acids is 1. The van der Waals surface area contributed by atoms with Crippen molar-refractivity contribution in [2.24, 2.45) is 5.92 Å². The number of aromatic nitrogens is 4. The quantitative estimate of drug-likeness (QED) is 0.768. The van der Waals surface area contributed by atoms with Crippen molar-refractivity contribution in [3.05, 3.63) is 54.7 Å². The molecule has 0 radical (unpaired) electrons. The number of nitrogens with zero attached hydrogens (tertiary/aromatic N) is 5. The van der Waals surface area contributed by atoms with Crippen LogP contribution in [0.2, 0.25) is 0 Å². The van der Waals surface area contributed by atoms with E-state index in [0.29, 0.717) is 12.2 Å². The van der Waals surface area contributed by atoms with Crippen LogP contribution in [0.5, 0.6) is 0 Å². The molecule has 0 spiro atoms. The van der Waals surface area contributed by atoms with Crippen LogP contribution in [0, 0.1) is 5.92 Å². The molecule has 7 heteroatoms. The topological polar surface area (TPSA) is 83.9 Å². The highest BCUT2D eigenvalue weighted by atomic mass is 16.2. The Morgan fingerprint density at radius 2 is 2.11 bits per heavy atom. The van der Waals surface area contributed by atoms with Gasteiger partial charge in [-0.05, 0) is 37.5 Å². The largest absolute Gasteiger partial charge is 0.369 e. The molecule has 2 atom stereocenters. The van der Waals surface area contributed by atoms with Crippen molar-refractivity contribution in [2.75, 3.05) is 18.0 Å². The van der Waals surface area contributed by atoms with Crippen LogP contribution < -0.4 is 10.2 Å². The molecule has 4 heterocycles. The summed E-state index contributed by atoms with van der Waals surface area (Å²) in [5, 5.41) is 3.12. The molecule has 3 aromatic heterocycles. The van der Waals surface area contributed by atoms with Gasteiger partial charge in [0.25, 0.3) is 0 Å². The summed E-state index contributed by atoms with van der Waals surface area (Å²) in [5.74, 6) is 0.0417. The average molecular weight is 362 g/mol. The molecule has 1 amide bonds. The zero-order chi connectivity index (χ0) is 18.6. The summed E-state index contributed by atoms with van der Waals surface area (Å²) in [6, 6.07) is 5.80. The fourth-order valence-corrected chi connectivity index (χ4v) is 3.49. The molecule has 4 rings (SSSR count). The van der Waals surface area contributed by atoms with Gasteiger partial charge in [0.2, 0.25) is 5.91 Å². The number of piperidine rings is 1. The molecule has 27 heavy (non-hydrogen) atoms. The summed E-state index contributed by atoms with van der Waals surface area (Å²) in [6.45, 7) is 3.58. The second kappa shape index (κ2) is 7.65. The van der Waals surface area contributed by atoms with Crippen LogP contribution in [0.25, 0.3) is 11.2 Å². The lowest BCUT2D eigenvalue weighted by Crippen LogP contribution is -2.43. The third-order valence-corrected chi connectivity index (χ3v) is 5.01. The highest BCUT2D eigenvalue weighted by Gasteiger charge is 2.27. The van der Waals surface area contributed by atoms with E-state index < -0.39 is 0 Å². The van der Waals surface area contributed by atoms with Gasteiger partial charge in [0, 0.05) is 37.9 Å². The summed E-state index contributed by atoms with van der Waals surface area (Å²) >= 11 is 0. The molecule has 1 fully saturated rings. The molecule has 1 aliphatic heterocycles. The molecule has 0 aliphatic carbocycles. The van der Waals surface area contributed by atoms with E-state index in [2.05, 4.69) is 30.2 Å². The molecule has 1 saturated heterocycles. The minimum Gasteiger partial charge on any atom is -0.369 e. The normalized spacial score (nSPS) is 18.3. The highest BCUT2D eigenvalue weighted by Crippen LogP contribution is 2.25. The van der Waals surface area contributed by atoms with Gasteiger partial charge >= 0.3 is 0 Å². The number of rotatable bonds is 4. The lowest BCUT2D eigenvalue weighted by atomic mass is 9.96. The van der Waals surface area contributed by atoms with Crippen LogP contribution >= 0.6 is 0 Å². The fourth-order valence-electron chi connectivity index (χ4n) is 3.49. The Morgan fingerprint density at radius 1 is 1.22 bits per heavy atom. The van der Waals surface area contributed by atoms with E-state index >= 15 is 0 Å². The van der Waals surface area contributed by atoms with E-state index in [1.54, 1.807) is 24.8 Å². The zero-order valence-electron chi connectivity index (χ0n) is 15.2. The van der Waals surface area contributed by atoms with Crippen LogP contribution in [0.4, 0.5) is 5.69 Å². The van der Waals surface area contributed by atoms with E-state index in [4.69, 9.17) is 0 Å². The Kier molecular flexibility index (Phi) is 4.91. The second-order valence-electron chi connectivity index (χ2n) is 6.89. The Morgan fingerprint density at radius 3 is 2.96 bits per heavy atom. The van der Waals surface area contributed by atoms with Crippen LogP contribution in [0.1, 0.15) is 31.4 Å². The Balaban J connectivity index is 1.44. The maximum Gasteiger partial charge on any atom is 0.225 e. The van der Waals surface area contributed by atoms with Gasteiger partial charge in [0.1, 0.15) is 5.52 Å². The molecule has 7 nitrogen and oxygen atoms in total. The summed E-state index contributed by atoms with van der Waals surface area (Å²) in [7, 11) is 0. The van der Waals surface area contributed by atoms with Gasteiger partial charge in [-0.1, -0.05) is 6.07 Å². The number of anilines is 1. The smallest absolute Gasteiger partial charge is 0.225 e.